The van der Waals surface area contributed by atoms with Crippen molar-refractivity contribution in [2.75, 3.05) is 60.5 Å². The number of nitrogens with zero attached hydrogens (tertiary/aromatic N) is 4. The minimum atomic E-state index is 0.123. The Balaban J connectivity index is 1.59. The van der Waals surface area contributed by atoms with Crippen molar-refractivity contribution in [2.45, 2.75) is 37.9 Å². The van der Waals surface area contributed by atoms with Crippen LogP contribution in [-0.2, 0) is 11.3 Å². The lowest BCUT2D eigenvalue weighted by Crippen LogP contribution is -2.50. The third kappa shape index (κ3) is 6.32. The summed E-state index contributed by atoms with van der Waals surface area (Å²) in [5, 5.41) is 0.788. The molecule has 2 saturated heterocycles. The monoisotopic (exact) mass is 422 g/mol. The quantitative estimate of drug-likeness (QED) is 0.677. The van der Waals surface area contributed by atoms with Crippen LogP contribution in [0.1, 0.15) is 24.8 Å². The van der Waals surface area contributed by atoms with Crippen LogP contribution >= 0.6 is 11.6 Å². The summed E-state index contributed by atoms with van der Waals surface area (Å²) in [5.74, 6) is 0. The van der Waals surface area contributed by atoms with E-state index < -0.39 is 0 Å². The van der Waals surface area contributed by atoms with Crippen LogP contribution < -0.4 is 0 Å². The summed E-state index contributed by atoms with van der Waals surface area (Å²) in [5.41, 5.74) is 1.24. The predicted molar refractivity (Wildman–Crippen MR) is 117 cm³/mol. The van der Waals surface area contributed by atoms with Gasteiger partial charge in [0, 0.05) is 77.1 Å². The van der Waals surface area contributed by atoms with Crippen molar-refractivity contribution in [1.82, 2.24) is 19.6 Å². The van der Waals surface area contributed by atoms with E-state index in [4.69, 9.17) is 16.3 Å². The number of amides is 2. The first-order valence-electron chi connectivity index (χ1n) is 10.7. The van der Waals surface area contributed by atoms with Crippen LogP contribution in [0.5, 0.6) is 0 Å². The number of halogens is 1. The SMILES string of the molecule is CN(CCN(C1CCOCC1)C1CCN(C(=O)N(C)C)C1)Cc1cccc(Cl)c1. The number of hydrogen-bond acceptors (Lipinski definition) is 4. The van der Waals surface area contributed by atoms with E-state index in [0.29, 0.717) is 12.1 Å². The molecule has 0 radical (unpaired) electrons. The van der Waals surface area contributed by atoms with Crippen molar-refractivity contribution >= 4 is 17.6 Å². The van der Waals surface area contributed by atoms with Crippen LogP contribution in [0.4, 0.5) is 4.79 Å². The normalized spacial score (nSPS) is 20.6. The molecule has 0 aromatic heterocycles. The van der Waals surface area contributed by atoms with E-state index in [1.54, 1.807) is 4.90 Å². The van der Waals surface area contributed by atoms with E-state index in [9.17, 15) is 4.79 Å². The van der Waals surface area contributed by atoms with Gasteiger partial charge in [-0.25, -0.2) is 4.79 Å². The molecule has 162 valence electrons. The fourth-order valence-corrected chi connectivity index (χ4v) is 4.67. The maximum absolute atomic E-state index is 12.4. The topological polar surface area (TPSA) is 39.3 Å². The molecular formula is C22H35ClN4O2. The molecule has 1 atom stereocenters. The van der Waals surface area contributed by atoms with Crippen LogP contribution in [-0.4, -0.2) is 98.3 Å². The Kier molecular flexibility index (Phi) is 8.18. The van der Waals surface area contributed by atoms with Crippen molar-refractivity contribution in [1.29, 1.82) is 0 Å². The summed E-state index contributed by atoms with van der Waals surface area (Å²) in [4.78, 5) is 21.1. The van der Waals surface area contributed by atoms with Crippen LogP contribution in [0.2, 0.25) is 5.02 Å². The highest BCUT2D eigenvalue weighted by Crippen LogP contribution is 2.24. The van der Waals surface area contributed by atoms with E-state index in [2.05, 4.69) is 22.9 Å². The molecule has 0 spiro atoms. The third-order valence-electron chi connectivity index (χ3n) is 6.03. The van der Waals surface area contributed by atoms with Crippen molar-refractivity contribution in [3.05, 3.63) is 34.9 Å². The van der Waals surface area contributed by atoms with Crippen molar-refractivity contribution in [3.8, 4) is 0 Å². The molecule has 2 aliphatic heterocycles. The number of benzene rings is 1. The van der Waals surface area contributed by atoms with Gasteiger partial charge in [0.15, 0.2) is 0 Å². The van der Waals surface area contributed by atoms with Gasteiger partial charge in [-0.3, -0.25) is 4.90 Å². The third-order valence-corrected chi connectivity index (χ3v) is 6.26. The van der Waals surface area contributed by atoms with Gasteiger partial charge in [0.2, 0.25) is 0 Å². The van der Waals surface area contributed by atoms with Crippen LogP contribution in [0.3, 0.4) is 0 Å². The summed E-state index contributed by atoms with van der Waals surface area (Å²) >= 11 is 6.13. The van der Waals surface area contributed by atoms with E-state index >= 15 is 0 Å². The molecular weight excluding hydrogens is 388 g/mol. The lowest BCUT2D eigenvalue weighted by atomic mass is 10.0. The molecule has 2 fully saturated rings. The van der Waals surface area contributed by atoms with Crippen LogP contribution in [0, 0.1) is 0 Å². The maximum atomic E-state index is 12.4. The fourth-order valence-electron chi connectivity index (χ4n) is 4.46. The van der Waals surface area contributed by atoms with Gasteiger partial charge in [0.05, 0.1) is 0 Å². The van der Waals surface area contributed by atoms with Gasteiger partial charge >= 0.3 is 6.03 Å². The number of carbonyl (C=O) groups excluding carboxylic acids is 1. The summed E-state index contributed by atoms with van der Waals surface area (Å²) in [6.45, 7) is 6.24. The van der Waals surface area contributed by atoms with E-state index in [0.717, 1.165) is 70.2 Å². The molecule has 2 amide bonds. The largest absolute Gasteiger partial charge is 0.381 e. The van der Waals surface area contributed by atoms with Crippen molar-refractivity contribution < 1.29 is 9.53 Å². The zero-order chi connectivity index (χ0) is 20.8. The zero-order valence-corrected chi connectivity index (χ0v) is 18.8. The van der Waals surface area contributed by atoms with Crippen molar-refractivity contribution in [2.24, 2.45) is 0 Å². The molecule has 3 rings (SSSR count). The maximum Gasteiger partial charge on any atom is 0.319 e. The lowest BCUT2D eigenvalue weighted by molar-refractivity contribution is 0.0150. The Morgan fingerprint density at radius 2 is 1.90 bits per heavy atom. The molecule has 0 N–H and O–H groups in total. The van der Waals surface area contributed by atoms with E-state index in [1.165, 1.54) is 5.56 Å². The summed E-state index contributed by atoms with van der Waals surface area (Å²) in [6, 6.07) is 9.19. The van der Waals surface area contributed by atoms with Gasteiger partial charge in [-0.15, -0.1) is 0 Å². The average Bonchev–Trinajstić information content (AvgIpc) is 3.18. The first-order chi connectivity index (χ1) is 13.9. The zero-order valence-electron chi connectivity index (χ0n) is 18.0. The molecule has 2 aliphatic rings. The molecule has 7 heteroatoms. The molecule has 1 unspecified atom stereocenters. The van der Waals surface area contributed by atoms with Crippen molar-refractivity contribution in [3.63, 3.8) is 0 Å². The highest BCUT2D eigenvalue weighted by atomic mass is 35.5. The molecule has 2 heterocycles. The van der Waals surface area contributed by atoms with Gasteiger partial charge in [0.1, 0.15) is 0 Å². The smallest absolute Gasteiger partial charge is 0.319 e. The number of urea groups is 1. The Morgan fingerprint density at radius 3 is 2.59 bits per heavy atom. The number of hydrogen-bond donors (Lipinski definition) is 0. The number of likely N-dealkylation sites (tertiary alicyclic amines) is 1. The highest BCUT2D eigenvalue weighted by molar-refractivity contribution is 6.30. The second-order valence-corrected chi connectivity index (χ2v) is 8.95. The van der Waals surface area contributed by atoms with Crippen LogP contribution in [0.25, 0.3) is 0 Å². The molecule has 0 aliphatic carbocycles. The first kappa shape index (κ1) is 22.3. The predicted octanol–water partition coefficient (Wildman–Crippen LogP) is 3.01. The summed E-state index contributed by atoms with van der Waals surface area (Å²) < 4.78 is 5.60. The van der Waals surface area contributed by atoms with E-state index in [1.807, 2.05) is 37.2 Å². The number of rotatable bonds is 7. The van der Waals surface area contributed by atoms with Gasteiger partial charge in [-0.05, 0) is 44.0 Å². The number of likely N-dealkylation sites (N-methyl/N-ethyl adjacent to an activating group) is 1. The number of carbonyl (C=O) groups is 1. The van der Waals surface area contributed by atoms with Crippen LogP contribution in [0.15, 0.2) is 24.3 Å². The minimum Gasteiger partial charge on any atom is -0.381 e. The summed E-state index contributed by atoms with van der Waals surface area (Å²) in [7, 11) is 5.83. The molecule has 6 nitrogen and oxygen atoms in total. The Labute approximate surface area is 180 Å². The van der Waals surface area contributed by atoms with Gasteiger partial charge in [-0.2, -0.15) is 0 Å². The second-order valence-electron chi connectivity index (χ2n) is 8.51. The molecule has 1 aromatic carbocycles. The second kappa shape index (κ2) is 10.6. The summed E-state index contributed by atoms with van der Waals surface area (Å²) in [6.07, 6.45) is 3.21. The average molecular weight is 423 g/mol. The standard InChI is InChI=1S/C22H35ClN4O2/c1-24(2)22(28)26-10-7-21(17-26)27(20-8-13-29-14-9-20)12-11-25(3)16-18-5-4-6-19(23)15-18/h4-6,15,20-21H,7-14,16-17H2,1-3H3. The Hall–Kier alpha value is -1.34. The highest BCUT2D eigenvalue weighted by Gasteiger charge is 2.34. The Morgan fingerprint density at radius 1 is 1.14 bits per heavy atom. The van der Waals surface area contributed by atoms with Gasteiger partial charge < -0.3 is 19.4 Å². The lowest BCUT2D eigenvalue weighted by Gasteiger charge is -2.39. The minimum absolute atomic E-state index is 0.123. The Bertz CT molecular complexity index is 666. The first-order valence-corrected chi connectivity index (χ1v) is 11.0. The molecule has 0 bridgehead atoms. The molecule has 0 saturated carbocycles. The fraction of sp³-hybridized carbons (Fsp3) is 0.682. The molecule has 1 aromatic rings. The van der Waals surface area contributed by atoms with Gasteiger partial charge in [0.25, 0.3) is 0 Å². The van der Waals surface area contributed by atoms with E-state index in [-0.39, 0.29) is 6.03 Å². The van der Waals surface area contributed by atoms with Gasteiger partial charge in [-0.1, -0.05) is 23.7 Å². The molecule has 29 heavy (non-hydrogen) atoms. The number of ether oxygens (including phenoxy) is 1.